The van der Waals surface area contributed by atoms with E-state index in [1.807, 2.05) is 16.7 Å². The predicted molar refractivity (Wildman–Crippen MR) is 108 cm³/mol. The Hall–Kier alpha value is -3.21. The van der Waals surface area contributed by atoms with E-state index in [9.17, 15) is 9.18 Å². The number of halogens is 1. The molecule has 5 heteroatoms. The maximum absolute atomic E-state index is 13.2. The number of nitrogens with zero attached hydrogens (tertiary/aromatic N) is 2. The SMILES string of the molecule is [2H]c1nc2c(OC(=O)c3cn(CCCCCF)c4ccccc34)c([2H])c([2H])c([2H])c2c([2H])c1[2H]. The largest absolute Gasteiger partial charge is 0.421 e. The van der Waals surface area contributed by atoms with Gasteiger partial charge in [0, 0.05) is 35.2 Å². The Labute approximate surface area is 171 Å². The molecule has 0 saturated heterocycles. The van der Waals surface area contributed by atoms with Gasteiger partial charge in [0.1, 0.15) is 5.52 Å². The fraction of sp³-hybridized carbons (Fsp3) is 0.217. The molecule has 0 bridgehead atoms. The molecule has 2 aromatic carbocycles. The average Bonchev–Trinajstić information content (AvgIpc) is 3.20. The topological polar surface area (TPSA) is 44.1 Å². The molecule has 4 aromatic rings. The number of fused-ring (bicyclic) bond motifs is 2. The van der Waals surface area contributed by atoms with E-state index < -0.39 is 48.1 Å². The van der Waals surface area contributed by atoms with Gasteiger partial charge in [0.2, 0.25) is 0 Å². The highest BCUT2D eigenvalue weighted by Gasteiger charge is 2.18. The van der Waals surface area contributed by atoms with Crippen LogP contribution in [-0.4, -0.2) is 22.2 Å². The zero-order chi connectivity index (χ0) is 24.6. The summed E-state index contributed by atoms with van der Waals surface area (Å²) in [5, 5.41) is 0.390. The van der Waals surface area contributed by atoms with Crippen LogP contribution in [0, 0.1) is 0 Å². The summed E-state index contributed by atoms with van der Waals surface area (Å²) in [6, 6.07) is 4.56. The first-order chi connectivity index (χ1) is 16.3. The average molecular weight is 382 g/mol. The third-order valence-electron chi connectivity index (χ3n) is 4.46. The number of aromatic nitrogens is 2. The van der Waals surface area contributed by atoms with Gasteiger partial charge in [-0.25, -0.2) is 4.79 Å². The summed E-state index contributed by atoms with van der Waals surface area (Å²) in [5.41, 5.74) is 0.747. The highest BCUT2D eigenvalue weighted by molar-refractivity contribution is 6.05. The lowest BCUT2D eigenvalue weighted by Crippen LogP contribution is -2.08. The molecule has 0 aliphatic carbocycles. The second-order valence-corrected chi connectivity index (χ2v) is 6.29. The van der Waals surface area contributed by atoms with Gasteiger partial charge in [-0.3, -0.25) is 9.37 Å². The van der Waals surface area contributed by atoms with Gasteiger partial charge in [-0.15, -0.1) is 0 Å². The number of esters is 1. The summed E-state index contributed by atoms with van der Waals surface area (Å²) < 4.78 is 68.0. The highest BCUT2D eigenvalue weighted by Crippen LogP contribution is 2.27. The number of carbonyl (C=O) groups is 1. The van der Waals surface area contributed by atoms with Gasteiger partial charge in [-0.05, 0) is 37.4 Å². The van der Waals surface area contributed by atoms with Crippen molar-refractivity contribution in [2.24, 2.45) is 0 Å². The predicted octanol–water partition coefficient (Wildman–Crippen LogP) is 5.55. The Bertz CT molecular complexity index is 1410. The molecule has 0 saturated carbocycles. The maximum Gasteiger partial charge on any atom is 0.345 e. The van der Waals surface area contributed by atoms with E-state index in [0.29, 0.717) is 24.8 Å². The summed E-state index contributed by atoms with van der Waals surface area (Å²) in [6.45, 7) is 0.196. The number of alkyl halides is 1. The summed E-state index contributed by atoms with van der Waals surface area (Å²) in [7, 11) is 0. The van der Waals surface area contributed by atoms with Crippen LogP contribution in [0.5, 0.6) is 5.75 Å². The van der Waals surface area contributed by atoms with Crippen molar-refractivity contribution in [1.29, 1.82) is 0 Å². The van der Waals surface area contributed by atoms with Crippen LogP contribution in [0.1, 0.15) is 37.8 Å². The molecule has 4 rings (SSSR count). The number of hydrogen-bond acceptors (Lipinski definition) is 3. The molecule has 0 N–H and O–H groups in total. The first-order valence-corrected chi connectivity index (χ1v) is 8.99. The van der Waals surface area contributed by atoms with Crippen molar-refractivity contribution in [2.45, 2.75) is 25.8 Å². The van der Waals surface area contributed by atoms with Crippen LogP contribution in [0.3, 0.4) is 0 Å². The van der Waals surface area contributed by atoms with Crippen molar-refractivity contribution < 1.29 is 22.1 Å². The minimum Gasteiger partial charge on any atom is -0.421 e. The molecule has 0 fully saturated rings. The van der Waals surface area contributed by atoms with E-state index in [1.165, 1.54) is 0 Å². The van der Waals surface area contributed by atoms with Crippen molar-refractivity contribution >= 4 is 27.8 Å². The summed E-state index contributed by atoms with van der Waals surface area (Å²) in [5.74, 6) is -1.25. The van der Waals surface area contributed by atoms with Crippen LogP contribution >= 0.6 is 0 Å². The van der Waals surface area contributed by atoms with Gasteiger partial charge in [0.15, 0.2) is 5.75 Å². The van der Waals surface area contributed by atoms with E-state index in [1.54, 1.807) is 18.3 Å². The van der Waals surface area contributed by atoms with Gasteiger partial charge >= 0.3 is 5.97 Å². The lowest BCUT2D eigenvalue weighted by atomic mass is 10.2. The Morgan fingerprint density at radius 1 is 1.14 bits per heavy atom. The number of unbranched alkanes of at least 4 members (excludes halogenated alkanes) is 2. The smallest absolute Gasteiger partial charge is 0.345 e. The molecule has 2 aromatic heterocycles. The van der Waals surface area contributed by atoms with Crippen LogP contribution in [0.2, 0.25) is 0 Å². The van der Waals surface area contributed by atoms with Crippen LogP contribution in [-0.2, 0) is 6.54 Å². The number of para-hydroxylation sites is 2. The van der Waals surface area contributed by atoms with E-state index in [2.05, 4.69) is 4.98 Å². The molecule has 0 unspecified atom stereocenters. The zero-order valence-corrected chi connectivity index (χ0v) is 15.0. The molecule has 0 aliphatic rings. The van der Waals surface area contributed by atoms with E-state index in [-0.39, 0.29) is 23.1 Å². The first-order valence-electron chi connectivity index (χ1n) is 12.0. The molecular formula is C23H21FN2O2. The molecule has 0 radical (unpaired) electrons. The molecule has 0 spiro atoms. The van der Waals surface area contributed by atoms with Gasteiger partial charge in [-0.2, -0.15) is 0 Å². The number of hydrogen-bond donors (Lipinski definition) is 0. The number of pyridine rings is 1. The van der Waals surface area contributed by atoms with Gasteiger partial charge < -0.3 is 9.30 Å². The minimum absolute atomic E-state index is 0.212. The van der Waals surface area contributed by atoms with E-state index >= 15 is 0 Å². The summed E-state index contributed by atoms with van der Waals surface area (Å²) in [4.78, 5) is 17.1. The Kier molecular flexibility index (Phi) is 3.60. The Morgan fingerprint density at radius 3 is 2.89 bits per heavy atom. The summed E-state index contributed by atoms with van der Waals surface area (Å²) >= 11 is 0. The maximum atomic E-state index is 13.2. The molecular weight excluding hydrogens is 355 g/mol. The standard InChI is InChI=1S/C23H21FN2O2/c24-13-4-1-5-15-26-16-19(18-10-2-3-11-20(18)26)23(27)28-21-12-6-8-17-9-7-14-25-22(17)21/h2-3,6-12,14,16H,1,4-5,13,15H2/i6D,7D,8D,9D,12D,14D. The zero-order valence-electron chi connectivity index (χ0n) is 21.0. The molecule has 0 aliphatic heterocycles. The van der Waals surface area contributed by atoms with Crippen LogP contribution < -0.4 is 4.74 Å². The van der Waals surface area contributed by atoms with Gasteiger partial charge in [0.25, 0.3) is 0 Å². The second kappa shape index (κ2) is 8.21. The first kappa shape index (κ1) is 12.3. The summed E-state index contributed by atoms with van der Waals surface area (Å²) in [6.07, 6.45) is 2.96. The second-order valence-electron chi connectivity index (χ2n) is 6.29. The molecule has 28 heavy (non-hydrogen) atoms. The molecule has 4 nitrogen and oxygen atoms in total. The fourth-order valence-electron chi connectivity index (χ4n) is 3.12. The normalized spacial score (nSPS) is 14.2. The lowest BCUT2D eigenvalue weighted by Gasteiger charge is -2.06. The van der Waals surface area contributed by atoms with Gasteiger partial charge in [0.05, 0.1) is 20.5 Å². The molecule has 0 amide bonds. The van der Waals surface area contributed by atoms with Gasteiger partial charge in [-0.1, -0.05) is 36.3 Å². The number of ether oxygens (including phenoxy) is 1. The van der Waals surface area contributed by atoms with E-state index in [0.717, 1.165) is 11.9 Å². The van der Waals surface area contributed by atoms with Crippen molar-refractivity contribution in [3.8, 4) is 5.75 Å². The highest BCUT2D eigenvalue weighted by atomic mass is 19.1. The van der Waals surface area contributed by atoms with Crippen LogP contribution in [0.25, 0.3) is 21.8 Å². The monoisotopic (exact) mass is 382 g/mol. The number of carbonyl (C=O) groups excluding carboxylic acids is 1. The third-order valence-corrected chi connectivity index (χ3v) is 4.46. The third kappa shape index (κ3) is 3.60. The number of benzene rings is 2. The molecule has 142 valence electrons. The van der Waals surface area contributed by atoms with E-state index in [4.69, 9.17) is 13.0 Å². The molecule has 2 heterocycles. The Morgan fingerprint density at radius 2 is 2.00 bits per heavy atom. The minimum atomic E-state index is -0.819. The number of aryl methyl sites for hydroxylation is 1. The Balaban J connectivity index is 1.79. The van der Waals surface area contributed by atoms with Crippen LogP contribution in [0.4, 0.5) is 4.39 Å². The van der Waals surface area contributed by atoms with Crippen molar-refractivity contribution in [1.82, 2.24) is 9.55 Å². The molecule has 0 atom stereocenters. The van der Waals surface area contributed by atoms with Crippen molar-refractivity contribution in [3.63, 3.8) is 0 Å². The van der Waals surface area contributed by atoms with Crippen molar-refractivity contribution in [3.05, 3.63) is 72.4 Å². The number of rotatable bonds is 7. The van der Waals surface area contributed by atoms with Crippen molar-refractivity contribution in [2.75, 3.05) is 6.67 Å². The lowest BCUT2D eigenvalue weighted by molar-refractivity contribution is 0.0738. The fourth-order valence-corrected chi connectivity index (χ4v) is 3.12. The quantitative estimate of drug-likeness (QED) is 0.239. The van der Waals surface area contributed by atoms with Crippen LogP contribution in [0.15, 0.2) is 66.8 Å².